The minimum Gasteiger partial charge on any atom is -0.271 e. The summed E-state index contributed by atoms with van der Waals surface area (Å²) in [4.78, 5) is 12.2. The molecule has 0 heterocycles. The average Bonchev–Trinajstić information content (AvgIpc) is 2.58. The molecule has 0 spiro atoms. The molecule has 2 rings (SSSR count). The summed E-state index contributed by atoms with van der Waals surface area (Å²) in [7, 11) is -3.69. The Morgan fingerprint density at radius 1 is 1.12 bits per heavy atom. The largest absolute Gasteiger partial charge is 0.271 e. The third kappa shape index (κ3) is 5.30. The fourth-order valence-corrected chi connectivity index (χ4v) is 3.25. The molecule has 0 aliphatic carbocycles. The molecular formula is C17H18ClN3O3S. The molecule has 1 N–H and O–H groups in total. The van der Waals surface area contributed by atoms with Crippen molar-refractivity contribution in [2.24, 2.45) is 5.10 Å². The Balaban J connectivity index is 2.15. The van der Waals surface area contributed by atoms with E-state index in [1.807, 2.05) is 30.3 Å². The lowest BCUT2D eigenvalue weighted by Crippen LogP contribution is -2.39. The minimum absolute atomic E-state index is 0.240. The van der Waals surface area contributed by atoms with Crippen molar-refractivity contribution in [2.75, 3.05) is 17.1 Å². The maximum atomic E-state index is 12.2. The van der Waals surface area contributed by atoms with Crippen LogP contribution in [-0.4, -0.2) is 32.8 Å². The summed E-state index contributed by atoms with van der Waals surface area (Å²) in [6, 6.07) is 15.7. The Morgan fingerprint density at radius 3 is 2.32 bits per heavy atom. The van der Waals surface area contributed by atoms with Gasteiger partial charge in [0.05, 0.1) is 22.7 Å². The van der Waals surface area contributed by atoms with Crippen LogP contribution in [-0.2, 0) is 14.8 Å². The van der Waals surface area contributed by atoms with E-state index < -0.39 is 22.5 Å². The van der Waals surface area contributed by atoms with E-state index in [0.29, 0.717) is 5.71 Å². The summed E-state index contributed by atoms with van der Waals surface area (Å²) in [5.74, 6) is -0.569. The summed E-state index contributed by atoms with van der Waals surface area (Å²) in [6.07, 6.45) is 1.02. The van der Waals surface area contributed by atoms with Gasteiger partial charge >= 0.3 is 0 Å². The predicted octanol–water partition coefficient (Wildman–Crippen LogP) is 2.65. The highest BCUT2D eigenvalue weighted by Crippen LogP contribution is 2.26. The third-order valence-corrected chi connectivity index (χ3v) is 4.79. The second-order valence-electron chi connectivity index (χ2n) is 5.32. The van der Waals surface area contributed by atoms with Crippen molar-refractivity contribution in [3.8, 4) is 0 Å². The normalized spacial score (nSPS) is 11.9. The number of halogens is 1. The van der Waals surface area contributed by atoms with E-state index in [2.05, 4.69) is 10.5 Å². The number of carbonyl (C=O) groups is 1. The van der Waals surface area contributed by atoms with E-state index in [9.17, 15) is 13.2 Å². The van der Waals surface area contributed by atoms with Gasteiger partial charge in [0.25, 0.3) is 5.91 Å². The molecule has 0 atom stereocenters. The van der Waals surface area contributed by atoms with Gasteiger partial charge in [-0.25, -0.2) is 13.8 Å². The van der Waals surface area contributed by atoms with E-state index >= 15 is 0 Å². The van der Waals surface area contributed by atoms with Crippen LogP contribution in [0.3, 0.4) is 0 Å². The zero-order valence-corrected chi connectivity index (χ0v) is 15.4. The van der Waals surface area contributed by atoms with Gasteiger partial charge in [-0.1, -0.05) is 54.1 Å². The first-order valence-corrected chi connectivity index (χ1v) is 9.62. The van der Waals surface area contributed by atoms with E-state index in [4.69, 9.17) is 11.6 Å². The standard InChI is InChI=1S/C17H18ClN3O3S/c1-13(14-8-4-3-5-9-14)19-20-17(22)12-21(25(2,23)24)16-11-7-6-10-15(16)18/h3-11H,12H2,1-2H3,(H,20,22)/b19-13-. The number of rotatable bonds is 6. The molecule has 25 heavy (non-hydrogen) atoms. The Bertz CT molecular complexity index is 883. The second-order valence-corrected chi connectivity index (χ2v) is 7.63. The van der Waals surface area contributed by atoms with Gasteiger partial charge in [-0.05, 0) is 24.6 Å². The van der Waals surface area contributed by atoms with Crippen LogP contribution in [0.25, 0.3) is 0 Å². The Hall–Kier alpha value is -2.38. The molecule has 0 saturated carbocycles. The molecule has 0 aliphatic heterocycles. The second kappa shape index (κ2) is 8.13. The predicted molar refractivity (Wildman–Crippen MR) is 100 cm³/mol. The highest BCUT2D eigenvalue weighted by Gasteiger charge is 2.22. The maximum Gasteiger partial charge on any atom is 0.260 e. The third-order valence-electron chi connectivity index (χ3n) is 3.35. The lowest BCUT2D eigenvalue weighted by Gasteiger charge is -2.22. The molecule has 0 radical (unpaired) electrons. The van der Waals surface area contributed by atoms with Gasteiger partial charge in [0, 0.05) is 0 Å². The number of carbonyl (C=O) groups excluding carboxylic acids is 1. The number of para-hydroxylation sites is 1. The molecular weight excluding hydrogens is 362 g/mol. The van der Waals surface area contributed by atoms with Crippen LogP contribution in [0.15, 0.2) is 59.7 Å². The number of hydrogen-bond acceptors (Lipinski definition) is 4. The molecule has 0 unspecified atom stereocenters. The average molecular weight is 380 g/mol. The number of sulfonamides is 1. The number of nitrogens with zero attached hydrogens (tertiary/aromatic N) is 2. The molecule has 2 aromatic carbocycles. The quantitative estimate of drug-likeness (QED) is 0.619. The topological polar surface area (TPSA) is 78.8 Å². The van der Waals surface area contributed by atoms with Crippen LogP contribution in [0.1, 0.15) is 12.5 Å². The van der Waals surface area contributed by atoms with Crippen molar-refractivity contribution >= 4 is 38.9 Å². The van der Waals surface area contributed by atoms with Gasteiger partial charge < -0.3 is 0 Å². The smallest absolute Gasteiger partial charge is 0.260 e. The number of hydrazone groups is 1. The molecule has 0 bridgehead atoms. The van der Waals surface area contributed by atoms with Crippen LogP contribution < -0.4 is 9.73 Å². The molecule has 0 saturated heterocycles. The Kier molecular flexibility index (Phi) is 6.17. The Morgan fingerprint density at radius 2 is 1.72 bits per heavy atom. The summed E-state index contributed by atoms with van der Waals surface area (Å²) in [5.41, 5.74) is 4.08. The van der Waals surface area contributed by atoms with Gasteiger partial charge in [-0.3, -0.25) is 9.10 Å². The fourth-order valence-electron chi connectivity index (χ4n) is 2.09. The number of nitrogens with one attached hydrogen (secondary N) is 1. The van der Waals surface area contributed by atoms with Crippen molar-refractivity contribution in [3.63, 3.8) is 0 Å². The first kappa shape index (κ1) is 19.0. The van der Waals surface area contributed by atoms with E-state index in [1.54, 1.807) is 25.1 Å². The molecule has 132 valence electrons. The van der Waals surface area contributed by atoms with Crippen molar-refractivity contribution in [1.82, 2.24) is 5.43 Å². The summed E-state index contributed by atoms with van der Waals surface area (Å²) in [5, 5.41) is 4.25. The molecule has 0 aromatic heterocycles. The van der Waals surface area contributed by atoms with E-state index in [0.717, 1.165) is 16.1 Å². The fraction of sp³-hybridized carbons (Fsp3) is 0.176. The van der Waals surface area contributed by atoms with Gasteiger partial charge in [0.2, 0.25) is 10.0 Å². The van der Waals surface area contributed by atoms with Gasteiger partial charge in [-0.2, -0.15) is 5.10 Å². The van der Waals surface area contributed by atoms with Gasteiger partial charge in [-0.15, -0.1) is 0 Å². The number of hydrogen-bond donors (Lipinski definition) is 1. The SMILES string of the molecule is C/C(=N/NC(=O)CN(c1ccccc1Cl)S(C)(=O)=O)c1ccccc1. The van der Waals surface area contributed by atoms with Crippen molar-refractivity contribution < 1.29 is 13.2 Å². The summed E-state index contributed by atoms with van der Waals surface area (Å²) >= 11 is 6.05. The zero-order valence-electron chi connectivity index (χ0n) is 13.8. The van der Waals surface area contributed by atoms with E-state index in [1.165, 1.54) is 6.07 Å². The molecule has 0 fully saturated rings. The number of amides is 1. The van der Waals surface area contributed by atoms with Crippen LogP contribution >= 0.6 is 11.6 Å². The number of anilines is 1. The monoisotopic (exact) mass is 379 g/mol. The van der Waals surface area contributed by atoms with E-state index in [-0.39, 0.29) is 10.7 Å². The first-order valence-electron chi connectivity index (χ1n) is 7.40. The molecule has 0 aliphatic rings. The van der Waals surface area contributed by atoms with Gasteiger partial charge in [0.1, 0.15) is 6.54 Å². The zero-order chi connectivity index (χ0) is 18.4. The van der Waals surface area contributed by atoms with Crippen molar-refractivity contribution in [3.05, 3.63) is 65.2 Å². The molecule has 1 amide bonds. The van der Waals surface area contributed by atoms with Crippen LogP contribution in [0.2, 0.25) is 5.02 Å². The number of benzene rings is 2. The highest BCUT2D eigenvalue weighted by molar-refractivity contribution is 7.92. The van der Waals surface area contributed by atoms with Crippen molar-refractivity contribution in [2.45, 2.75) is 6.92 Å². The molecule has 6 nitrogen and oxygen atoms in total. The van der Waals surface area contributed by atoms with Gasteiger partial charge in [0.15, 0.2) is 0 Å². The van der Waals surface area contributed by atoms with Crippen molar-refractivity contribution in [1.29, 1.82) is 0 Å². The first-order chi connectivity index (χ1) is 11.8. The van der Waals surface area contributed by atoms with Crippen LogP contribution in [0.5, 0.6) is 0 Å². The molecule has 2 aromatic rings. The Labute approximate surface area is 152 Å². The summed E-state index contributed by atoms with van der Waals surface area (Å²) in [6.45, 7) is 1.33. The highest BCUT2D eigenvalue weighted by atomic mass is 35.5. The maximum absolute atomic E-state index is 12.2. The lowest BCUT2D eigenvalue weighted by molar-refractivity contribution is -0.119. The minimum atomic E-state index is -3.69. The summed E-state index contributed by atoms with van der Waals surface area (Å²) < 4.78 is 25.0. The molecule has 8 heteroatoms. The van der Waals surface area contributed by atoms with Crippen LogP contribution in [0.4, 0.5) is 5.69 Å². The van der Waals surface area contributed by atoms with Crippen LogP contribution in [0, 0.1) is 0 Å². The lowest BCUT2D eigenvalue weighted by atomic mass is 10.1.